The number of amides is 1. The Morgan fingerprint density at radius 3 is 2.85 bits per heavy atom. The molecule has 0 saturated carbocycles. The van der Waals surface area contributed by atoms with Gasteiger partial charge < -0.3 is 14.1 Å². The molecule has 0 saturated heterocycles. The Labute approximate surface area is 164 Å². The van der Waals surface area contributed by atoms with Gasteiger partial charge in [-0.1, -0.05) is 27.5 Å². The zero-order valence-electron chi connectivity index (χ0n) is 14.3. The monoisotopic (exact) mass is 437 g/mol. The van der Waals surface area contributed by atoms with Gasteiger partial charge in [0, 0.05) is 24.8 Å². The van der Waals surface area contributed by atoms with Gasteiger partial charge in [-0.15, -0.1) is 0 Å². The van der Waals surface area contributed by atoms with Crippen molar-refractivity contribution < 1.29 is 13.9 Å². The van der Waals surface area contributed by atoms with Crippen molar-refractivity contribution in [2.24, 2.45) is 7.05 Å². The molecule has 0 N–H and O–H groups in total. The summed E-state index contributed by atoms with van der Waals surface area (Å²) in [6, 6.07) is 10.6. The van der Waals surface area contributed by atoms with E-state index in [1.807, 2.05) is 19.2 Å². The number of rotatable bonds is 6. The van der Waals surface area contributed by atoms with E-state index in [9.17, 15) is 4.79 Å². The second-order valence-corrected chi connectivity index (χ2v) is 7.06. The van der Waals surface area contributed by atoms with E-state index in [0.717, 1.165) is 10.2 Å². The van der Waals surface area contributed by atoms with Gasteiger partial charge in [-0.3, -0.25) is 9.48 Å². The lowest BCUT2D eigenvalue weighted by Crippen LogP contribution is -2.26. The van der Waals surface area contributed by atoms with Gasteiger partial charge in [-0.05, 0) is 36.4 Å². The highest BCUT2D eigenvalue weighted by molar-refractivity contribution is 9.10. The second kappa shape index (κ2) is 7.97. The SMILES string of the molecule is CN(Cc1ccnn1C)C(=O)c1ccc(COc2ccc(Br)cc2Cl)o1. The fourth-order valence-electron chi connectivity index (χ4n) is 2.37. The molecule has 136 valence electrons. The highest BCUT2D eigenvalue weighted by atomic mass is 79.9. The van der Waals surface area contributed by atoms with Gasteiger partial charge >= 0.3 is 0 Å². The quantitative estimate of drug-likeness (QED) is 0.576. The lowest BCUT2D eigenvalue weighted by molar-refractivity contribution is 0.0746. The first kappa shape index (κ1) is 18.5. The van der Waals surface area contributed by atoms with E-state index in [4.69, 9.17) is 20.8 Å². The normalized spacial score (nSPS) is 10.8. The standard InChI is InChI=1S/C18H17BrClN3O3/c1-22(10-13-7-8-21-23(13)2)18(24)17-6-4-14(26-17)11-25-16-5-3-12(19)9-15(16)20/h3-9H,10-11H2,1-2H3. The molecule has 0 aliphatic carbocycles. The third kappa shape index (κ3) is 4.28. The number of aryl methyl sites for hydroxylation is 1. The van der Waals surface area contributed by atoms with E-state index in [1.54, 1.807) is 47.1 Å². The van der Waals surface area contributed by atoms with Gasteiger partial charge in [-0.25, -0.2) is 0 Å². The van der Waals surface area contributed by atoms with E-state index in [0.29, 0.717) is 23.1 Å². The third-order valence-electron chi connectivity index (χ3n) is 3.80. The number of nitrogens with zero attached hydrogens (tertiary/aromatic N) is 3. The van der Waals surface area contributed by atoms with E-state index in [2.05, 4.69) is 21.0 Å². The van der Waals surface area contributed by atoms with Crippen molar-refractivity contribution in [1.82, 2.24) is 14.7 Å². The molecule has 2 heterocycles. The van der Waals surface area contributed by atoms with Crippen LogP contribution in [0.4, 0.5) is 0 Å². The molecule has 0 radical (unpaired) electrons. The summed E-state index contributed by atoms with van der Waals surface area (Å²) in [4.78, 5) is 14.1. The first-order valence-corrected chi connectivity index (χ1v) is 9.00. The minimum absolute atomic E-state index is 0.181. The molecule has 0 spiro atoms. The fourth-order valence-corrected chi connectivity index (χ4v) is 3.10. The first-order chi connectivity index (χ1) is 12.4. The van der Waals surface area contributed by atoms with Crippen LogP contribution in [0.2, 0.25) is 5.02 Å². The second-order valence-electron chi connectivity index (χ2n) is 5.74. The number of carbonyl (C=O) groups is 1. The summed E-state index contributed by atoms with van der Waals surface area (Å²) in [7, 11) is 3.55. The van der Waals surface area contributed by atoms with Crippen LogP contribution in [0.25, 0.3) is 0 Å². The summed E-state index contributed by atoms with van der Waals surface area (Å²) >= 11 is 9.46. The molecule has 2 aromatic heterocycles. The summed E-state index contributed by atoms with van der Waals surface area (Å²) in [6.45, 7) is 0.621. The zero-order chi connectivity index (χ0) is 18.7. The molecule has 1 aromatic carbocycles. The summed E-state index contributed by atoms with van der Waals surface area (Å²) in [5, 5.41) is 4.59. The van der Waals surface area contributed by atoms with Gasteiger partial charge in [0.1, 0.15) is 18.1 Å². The van der Waals surface area contributed by atoms with Crippen LogP contribution in [-0.4, -0.2) is 27.6 Å². The van der Waals surface area contributed by atoms with Crippen molar-refractivity contribution in [3.8, 4) is 5.75 Å². The molecule has 0 bridgehead atoms. The molecule has 0 aliphatic rings. The van der Waals surface area contributed by atoms with Crippen molar-refractivity contribution in [3.63, 3.8) is 0 Å². The number of aromatic nitrogens is 2. The Kier molecular flexibility index (Phi) is 5.68. The molecule has 0 fully saturated rings. The van der Waals surface area contributed by atoms with Crippen LogP contribution in [0.5, 0.6) is 5.75 Å². The van der Waals surface area contributed by atoms with Crippen LogP contribution in [0.1, 0.15) is 22.0 Å². The summed E-state index contributed by atoms with van der Waals surface area (Å²) < 4.78 is 13.9. The number of ether oxygens (including phenoxy) is 1. The fraction of sp³-hybridized carbons (Fsp3) is 0.222. The molecule has 1 amide bonds. The molecule has 8 heteroatoms. The minimum Gasteiger partial charge on any atom is -0.484 e. The van der Waals surface area contributed by atoms with Crippen molar-refractivity contribution in [2.45, 2.75) is 13.2 Å². The average Bonchev–Trinajstić information content (AvgIpc) is 3.23. The number of hydrogen-bond donors (Lipinski definition) is 0. The van der Waals surface area contributed by atoms with Gasteiger partial charge in [0.05, 0.1) is 17.3 Å². The molecular weight excluding hydrogens is 422 g/mol. The molecule has 26 heavy (non-hydrogen) atoms. The number of hydrogen-bond acceptors (Lipinski definition) is 4. The van der Waals surface area contributed by atoms with Crippen molar-refractivity contribution in [3.05, 3.63) is 69.3 Å². The summed E-state index contributed by atoms with van der Waals surface area (Å²) in [5.74, 6) is 1.14. The summed E-state index contributed by atoms with van der Waals surface area (Å²) in [5.41, 5.74) is 0.931. The maximum absolute atomic E-state index is 12.5. The number of halogens is 2. The van der Waals surface area contributed by atoms with Crippen LogP contribution >= 0.6 is 27.5 Å². The van der Waals surface area contributed by atoms with Gasteiger partial charge in [-0.2, -0.15) is 5.10 Å². The third-order valence-corrected chi connectivity index (χ3v) is 4.59. The van der Waals surface area contributed by atoms with Gasteiger partial charge in [0.25, 0.3) is 5.91 Å². The maximum atomic E-state index is 12.5. The molecule has 3 rings (SSSR count). The lowest BCUT2D eigenvalue weighted by atomic mass is 10.3. The van der Waals surface area contributed by atoms with Crippen LogP contribution in [0, 0.1) is 0 Å². The van der Waals surface area contributed by atoms with Crippen LogP contribution in [0.3, 0.4) is 0 Å². The first-order valence-electron chi connectivity index (χ1n) is 7.83. The van der Waals surface area contributed by atoms with Crippen LogP contribution in [-0.2, 0) is 20.2 Å². The predicted octanol–water partition coefficient (Wildman–Crippen LogP) is 4.28. The van der Waals surface area contributed by atoms with E-state index in [1.165, 1.54) is 0 Å². The maximum Gasteiger partial charge on any atom is 0.289 e. The number of benzene rings is 1. The lowest BCUT2D eigenvalue weighted by Gasteiger charge is -2.15. The van der Waals surface area contributed by atoms with Crippen molar-refractivity contribution in [1.29, 1.82) is 0 Å². The minimum atomic E-state index is -0.209. The van der Waals surface area contributed by atoms with E-state index in [-0.39, 0.29) is 18.3 Å². The Bertz CT molecular complexity index is 922. The van der Waals surface area contributed by atoms with E-state index < -0.39 is 0 Å². The van der Waals surface area contributed by atoms with Gasteiger partial charge in [0.2, 0.25) is 0 Å². The molecular formula is C18H17BrClN3O3. The number of furan rings is 1. The van der Waals surface area contributed by atoms with Crippen LogP contribution in [0.15, 0.2) is 51.5 Å². The Balaban J connectivity index is 1.61. The van der Waals surface area contributed by atoms with Gasteiger partial charge in [0.15, 0.2) is 5.76 Å². The highest BCUT2D eigenvalue weighted by Gasteiger charge is 2.17. The Morgan fingerprint density at radius 1 is 1.35 bits per heavy atom. The Morgan fingerprint density at radius 2 is 2.15 bits per heavy atom. The molecule has 0 unspecified atom stereocenters. The topological polar surface area (TPSA) is 60.5 Å². The largest absolute Gasteiger partial charge is 0.484 e. The van der Waals surface area contributed by atoms with Crippen LogP contribution < -0.4 is 4.74 Å². The molecule has 6 nitrogen and oxygen atoms in total. The zero-order valence-corrected chi connectivity index (χ0v) is 16.6. The smallest absolute Gasteiger partial charge is 0.289 e. The molecule has 0 aliphatic heterocycles. The average molecular weight is 439 g/mol. The Hall–Kier alpha value is -2.25. The molecule has 0 atom stereocenters. The van der Waals surface area contributed by atoms with Crippen molar-refractivity contribution >= 4 is 33.4 Å². The van der Waals surface area contributed by atoms with Crippen molar-refractivity contribution in [2.75, 3.05) is 7.05 Å². The highest BCUT2D eigenvalue weighted by Crippen LogP contribution is 2.28. The summed E-state index contributed by atoms with van der Waals surface area (Å²) in [6.07, 6.45) is 1.70. The van der Waals surface area contributed by atoms with E-state index >= 15 is 0 Å². The predicted molar refractivity (Wildman–Crippen MR) is 101 cm³/mol. The molecule has 3 aromatic rings. The number of carbonyl (C=O) groups excluding carboxylic acids is 1.